The van der Waals surface area contributed by atoms with Crippen LogP contribution in [-0.4, -0.2) is 9.78 Å². The SMILES string of the molecule is Brc1ccc(OCc2ccn(C3CCCC3)n2)cc1. The Bertz CT molecular complexity index is 529. The van der Waals surface area contributed by atoms with Crippen LogP contribution >= 0.6 is 15.9 Å². The summed E-state index contributed by atoms with van der Waals surface area (Å²) >= 11 is 3.41. The zero-order chi connectivity index (χ0) is 13.1. The lowest BCUT2D eigenvalue weighted by Gasteiger charge is -2.09. The maximum Gasteiger partial charge on any atom is 0.132 e. The van der Waals surface area contributed by atoms with Gasteiger partial charge in [0.15, 0.2) is 0 Å². The van der Waals surface area contributed by atoms with Gasteiger partial charge in [0.25, 0.3) is 0 Å². The van der Waals surface area contributed by atoms with Crippen molar-refractivity contribution in [1.29, 1.82) is 0 Å². The van der Waals surface area contributed by atoms with E-state index in [2.05, 4.69) is 38.0 Å². The molecule has 4 heteroatoms. The number of hydrogen-bond donors (Lipinski definition) is 0. The summed E-state index contributed by atoms with van der Waals surface area (Å²) in [4.78, 5) is 0. The van der Waals surface area contributed by atoms with Crippen molar-refractivity contribution >= 4 is 15.9 Å². The lowest BCUT2D eigenvalue weighted by atomic mass is 10.3. The van der Waals surface area contributed by atoms with E-state index in [1.165, 1.54) is 25.7 Å². The van der Waals surface area contributed by atoms with Crippen molar-refractivity contribution in [1.82, 2.24) is 9.78 Å². The molecule has 3 nitrogen and oxygen atoms in total. The van der Waals surface area contributed by atoms with E-state index < -0.39 is 0 Å². The number of aromatic nitrogens is 2. The minimum absolute atomic E-state index is 0.529. The lowest BCUT2D eigenvalue weighted by Crippen LogP contribution is -2.06. The van der Waals surface area contributed by atoms with Gasteiger partial charge in [-0.2, -0.15) is 5.10 Å². The second kappa shape index (κ2) is 5.78. The standard InChI is InChI=1S/C15H17BrN2O/c16-12-5-7-15(8-6-12)19-11-13-9-10-18(17-13)14-3-1-2-4-14/h5-10,14H,1-4,11H2. The Morgan fingerprint density at radius 1 is 1.16 bits per heavy atom. The predicted octanol–water partition coefficient (Wildman–Crippen LogP) is 4.34. The van der Waals surface area contributed by atoms with Crippen LogP contribution in [0.3, 0.4) is 0 Å². The Kier molecular flexibility index (Phi) is 3.87. The molecule has 0 radical (unpaired) electrons. The molecule has 1 heterocycles. The highest BCUT2D eigenvalue weighted by Gasteiger charge is 2.17. The van der Waals surface area contributed by atoms with Gasteiger partial charge in [0.2, 0.25) is 0 Å². The molecule has 100 valence electrons. The molecular formula is C15H17BrN2O. The quantitative estimate of drug-likeness (QED) is 0.837. The van der Waals surface area contributed by atoms with E-state index in [0.717, 1.165) is 15.9 Å². The summed E-state index contributed by atoms with van der Waals surface area (Å²) in [5.74, 6) is 0.874. The third-order valence-electron chi connectivity index (χ3n) is 3.56. The third-order valence-corrected chi connectivity index (χ3v) is 4.09. The average Bonchev–Trinajstić information content (AvgIpc) is 3.09. The van der Waals surface area contributed by atoms with Crippen LogP contribution in [0.25, 0.3) is 0 Å². The first kappa shape index (κ1) is 12.7. The molecular weight excluding hydrogens is 304 g/mol. The monoisotopic (exact) mass is 320 g/mol. The summed E-state index contributed by atoms with van der Waals surface area (Å²) in [7, 11) is 0. The summed E-state index contributed by atoms with van der Waals surface area (Å²) in [6.07, 6.45) is 7.25. The Balaban J connectivity index is 1.59. The molecule has 3 rings (SSSR count). The summed E-state index contributed by atoms with van der Waals surface area (Å²) in [6.45, 7) is 0.529. The van der Waals surface area contributed by atoms with Crippen molar-refractivity contribution in [2.75, 3.05) is 0 Å². The minimum atomic E-state index is 0.529. The summed E-state index contributed by atoms with van der Waals surface area (Å²) in [6, 6.07) is 10.5. The number of halogens is 1. The summed E-state index contributed by atoms with van der Waals surface area (Å²) in [5, 5.41) is 4.61. The van der Waals surface area contributed by atoms with Crippen LogP contribution in [0.15, 0.2) is 41.0 Å². The number of nitrogens with zero attached hydrogens (tertiary/aromatic N) is 2. The van der Waals surface area contributed by atoms with E-state index in [0.29, 0.717) is 12.6 Å². The molecule has 0 unspecified atom stereocenters. The molecule has 0 bridgehead atoms. The Labute approximate surface area is 121 Å². The lowest BCUT2D eigenvalue weighted by molar-refractivity contribution is 0.298. The molecule has 0 atom stereocenters. The maximum absolute atomic E-state index is 5.73. The van der Waals surface area contributed by atoms with Crippen molar-refractivity contribution < 1.29 is 4.74 Å². The highest BCUT2D eigenvalue weighted by atomic mass is 79.9. The average molecular weight is 321 g/mol. The zero-order valence-electron chi connectivity index (χ0n) is 10.8. The van der Waals surface area contributed by atoms with Gasteiger partial charge in [-0.05, 0) is 43.2 Å². The van der Waals surface area contributed by atoms with Gasteiger partial charge in [-0.3, -0.25) is 4.68 Å². The van der Waals surface area contributed by atoms with Crippen molar-refractivity contribution in [2.24, 2.45) is 0 Å². The van der Waals surface area contributed by atoms with Gasteiger partial charge in [-0.15, -0.1) is 0 Å². The zero-order valence-corrected chi connectivity index (χ0v) is 12.3. The van der Waals surface area contributed by atoms with E-state index in [9.17, 15) is 0 Å². The number of hydrogen-bond acceptors (Lipinski definition) is 2. The molecule has 0 spiro atoms. The third kappa shape index (κ3) is 3.18. The molecule has 0 aliphatic heterocycles. The van der Waals surface area contributed by atoms with Crippen LogP contribution in [0.4, 0.5) is 0 Å². The van der Waals surface area contributed by atoms with Crippen LogP contribution in [0, 0.1) is 0 Å². The van der Waals surface area contributed by atoms with Crippen LogP contribution in [0.2, 0.25) is 0 Å². The van der Waals surface area contributed by atoms with Gasteiger partial charge >= 0.3 is 0 Å². The van der Waals surface area contributed by atoms with E-state index in [4.69, 9.17) is 4.74 Å². The minimum Gasteiger partial charge on any atom is -0.487 e. The molecule has 0 amide bonds. The fourth-order valence-electron chi connectivity index (χ4n) is 2.51. The molecule has 0 N–H and O–H groups in total. The predicted molar refractivity (Wildman–Crippen MR) is 78.2 cm³/mol. The number of ether oxygens (including phenoxy) is 1. The molecule has 1 aliphatic carbocycles. The second-order valence-corrected chi connectivity index (χ2v) is 5.88. The second-order valence-electron chi connectivity index (χ2n) is 4.97. The van der Waals surface area contributed by atoms with Gasteiger partial charge < -0.3 is 4.74 Å². The highest BCUT2D eigenvalue weighted by Crippen LogP contribution is 2.28. The van der Waals surface area contributed by atoms with Crippen molar-refractivity contribution in [2.45, 2.75) is 38.3 Å². The maximum atomic E-state index is 5.73. The molecule has 1 aromatic carbocycles. The van der Waals surface area contributed by atoms with Crippen LogP contribution in [-0.2, 0) is 6.61 Å². The first-order valence-corrected chi connectivity index (χ1v) is 7.53. The van der Waals surface area contributed by atoms with E-state index in [-0.39, 0.29) is 0 Å². The van der Waals surface area contributed by atoms with Gasteiger partial charge in [-0.1, -0.05) is 28.8 Å². The molecule has 1 fully saturated rings. The molecule has 19 heavy (non-hydrogen) atoms. The van der Waals surface area contributed by atoms with Gasteiger partial charge in [-0.25, -0.2) is 0 Å². The van der Waals surface area contributed by atoms with E-state index >= 15 is 0 Å². The smallest absolute Gasteiger partial charge is 0.132 e. The Hall–Kier alpha value is -1.29. The van der Waals surface area contributed by atoms with Gasteiger partial charge in [0, 0.05) is 10.7 Å². The van der Waals surface area contributed by atoms with Crippen molar-refractivity contribution in [3.8, 4) is 5.75 Å². The molecule has 1 saturated carbocycles. The fourth-order valence-corrected chi connectivity index (χ4v) is 2.78. The van der Waals surface area contributed by atoms with Crippen LogP contribution < -0.4 is 4.74 Å². The molecule has 2 aromatic rings. The first-order valence-electron chi connectivity index (χ1n) is 6.74. The first-order chi connectivity index (χ1) is 9.31. The number of rotatable bonds is 4. The largest absolute Gasteiger partial charge is 0.487 e. The topological polar surface area (TPSA) is 27.1 Å². The fraction of sp³-hybridized carbons (Fsp3) is 0.400. The molecule has 0 saturated heterocycles. The van der Waals surface area contributed by atoms with Gasteiger partial charge in [0.1, 0.15) is 12.4 Å². The number of benzene rings is 1. The summed E-state index contributed by atoms with van der Waals surface area (Å²) in [5.41, 5.74) is 0.995. The Morgan fingerprint density at radius 2 is 1.89 bits per heavy atom. The van der Waals surface area contributed by atoms with Crippen molar-refractivity contribution in [3.63, 3.8) is 0 Å². The molecule has 1 aromatic heterocycles. The van der Waals surface area contributed by atoms with Crippen LogP contribution in [0.1, 0.15) is 37.4 Å². The Morgan fingerprint density at radius 3 is 2.63 bits per heavy atom. The highest BCUT2D eigenvalue weighted by molar-refractivity contribution is 9.10. The van der Waals surface area contributed by atoms with Gasteiger partial charge in [0.05, 0.1) is 11.7 Å². The normalized spacial score (nSPS) is 15.8. The molecule has 1 aliphatic rings. The van der Waals surface area contributed by atoms with Crippen LogP contribution in [0.5, 0.6) is 5.75 Å². The van der Waals surface area contributed by atoms with Crippen molar-refractivity contribution in [3.05, 3.63) is 46.7 Å². The van der Waals surface area contributed by atoms with E-state index in [1.54, 1.807) is 0 Å². The van der Waals surface area contributed by atoms with E-state index in [1.807, 2.05) is 24.3 Å². The summed E-state index contributed by atoms with van der Waals surface area (Å²) < 4.78 is 8.89.